The lowest BCUT2D eigenvalue weighted by atomic mass is 10.2. The monoisotopic (exact) mass is 270 g/mol. The summed E-state index contributed by atoms with van der Waals surface area (Å²) in [4.78, 5) is 15.0. The minimum atomic E-state index is -4.03. The number of hydrogen-bond donors (Lipinski definition) is 3. The molecule has 0 unspecified atom stereocenters. The van der Waals surface area contributed by atoms with Crippen molar-refractivity contribution in [3.63, 3.8) is 0 Å². The van der Waals surface area contributed by atoms with Crippen LogP contribution < -0.4 is 0 Å². The van der Waals surface area contributed by atoms with Crippen molar-refractivity contribution >= 4 is 29.1 Å². The summed E-state index contributed by atoms with van der Waals surface area (Å²) in [7, 11) is -6.33. The average molecular weight is 270 g/mol. The standard InChI is InChI=1S/C7H8O3S.H3O2PS/c1-6-4-2-3-5-7(6)11(8,9)10;1-3(2)4/h2-5H,1H3,(H,8,9,10);3H,(H2,1,2,4). The van der Waals surface area contributed by atoms with E-state index in [-0.39, 0.29) is 4.90 Å². The van der Waals surface area contributed by atoms with E-state index in [1.165, 1.54) is 6.07 Å². The summed E-state index contributed by atoms with van der Waals surface area (Å²) in [5, 5.41) is 0. The molecule has 5 nitrogen and oxygen atoms in total. The maximum Gasteiger partial charge on any atom is 0.294 e. The van der Waals surface area contributed by atoms with Gasteiger partial charge < -0.3 is 9.79 Å². The van der Waals surface area contributed by atoms with Gasteiger partial charge in [-0.25, -0.2) is 0 Å². The van der Waals surface area contributed by atoms with Gasteiger partial charge >= 0.3 is 0 Å². The van der Waals surface area contributed by atoms with Crippen LogP contribution in [0.25, 0.3) is 0 Å². The van der Waals surface area contributed by atoms with Crippen LogP contribution in [0.1, 0.15) is 5.56 Å². The van der Waals surface area contributed by atoms with Crippen molar-refractivity contribution in [1.29, 1.82) is 0 Å². The summed E-state index contributed by atoms with van der Waals surface area (Å²) in [6, 6.07) is 6.27. The molecule has 0 fully saturated rings. The molecule has 0 saturated carbocycles. The Bertz CT molecular complexity index is 438. The van der Waals surface area contributed by atoms with Gasteiger partial charge in [-0.2, -0.15) is 8.42 Å². The van der Waals surface area contributed by atoms with Crippen LogP contribution in [0.2, 0.25) is 0 Å². The third-order valence-corrected chi connectivity index (χ3v) is 2.39. The zero-order valence-electron chi connectivity index (χ0n) is 7.78. The Morgan fingerprint density at radius 1 is 1.27 bits per heavy atom. The van der Waals surface area contributed by atoms with Gasteiger partial charge in [-0.15, -0.1) is 0 Å². The van der Waals surface area contributed by atoms with Gasteiger partial charge in [0.2, 0.25) is 0 Å². The first-order chi connectivity index (χ1) is 6.75. The molecule has 1 aromatic carbocycles. The van der Waals surface area contributed by atoms with Crippen molar-refractivity contribution < 1.29 is 22.8 Å². The Labute approximate surface area is 93.7 Å². The van der Waals surface area contributed by atoms with Crippen molar-refractivity contribution in [3.8, 4) is 0 Å². The van der Waals surface area contributed by atoms with E-state index in [2.05, 4.69) is 11.8 Å². The van der Waals surface area contributed by atoms with Crippen LogP contribution in [0.4, 0.5) is 0 Å². The van der Waals surface area contributed by atoms with Crippen LogP contribution in [0.3, 0.4) is 0 Å². The highest BCUT2D eigenvalue weighted by molar-refractivity contribution is 7.99. The quantitative estimate of drug-likeness (QED) is 0.514. The van der Waals surface area contributed by atoms with Crippen LogP contribution in [0.15, 0.2) is 29.2 Å². The van der Waals surface area contributed by atoms with E-state index in [1.807, 2.05) is 0 Å². The Hall–Kier alpha value is -0.300. The van der Waals surface area contributed by atoms with Gasteiger partial charge in [-0.1, -0.05) is 18.2 Å². The lowest BCUT2D eigenvalue weighted by Gasteiger charge is -1.99. The molecule has 1 rings (SSSR count). The zero-order valence-corrected chi connectivity index (χ0v) is 10.4. The number of benzene rings is 1. The van der Waals surface area contributed by atoms with E-state index in [4.69, 9.17) is 14.3 Å². The predicted molar refractivity (Wildman–Crippen MR) is 61.1 cm³/mol. The molecule has 0 saturated heterocycles. The Morgan fingerprint density at radius 3 is 1.93 bits per heavy atom. The Balaban J connectivity index is 0.000000423. The maximum atomic E-state index is 10.6. The minimum absolute atomic E-state index is 0.0278. The minimum Gasteiger partial charge on any atom is -0.347 e. The van der Waals surface area contributed by atoms with E-state index in [9.17, 15) is 8.42 Å². The molecule has 0 spiro atoms. The first-order valence-electron chi connectivity index (χ1n) is 3.70. The molecule has 0 heterocycles. The first kappa shape index (κ1) is 14.7. The molecule has 0 amide bonds. The molecule has 0 aromatic heterocycles. The summed E-state index contributed by atoms with van der Waals surface area (Å²) in [6.45, 7) is 1.63. The lowest BCUT2D eigenvalue weighted by Crippen LogP contribution is -1.99. The maximum absolute atomic E-state index is 10.6. The van der Waals surface area contributed by atoms with E-state index in [0.29, 0.717) is 5.56 Å². The molecule has 1 aromatic rings. The molecule has 0 aliphatic heterocycles. The van der Waals surface area contributed by atoms with E-state index in [0.717, 1.165) is 0 Å². The van der Waals surface area contributed by atoms with Crippen LogP contribution in [-0.2, 0) is 21.9 Å². The van der Waals surface area contributed by atoms with Crippen molar-refractivity contribution in [2.45, 2.75) is 11.8 Å². The highest BCUT2D eigenvalue weighted by atomic mass is 32.4. The van der Waals surface area contributed by atoms with Crippen molar-refractivity contribution in [1.82, 2.24) is 0 Å². The smallest absolute Gasteiger partial charge is 0.294 e. The SMILES string of the molecule is Cc1ccccc1S(=O)(=O)O.O[PH](O)=S. The van der Waals surface area contributed by atoms with Gasteiger partial charge in [0.1, 0.15) is 0 Å². The zero-order chi connectivity index (χ0) is 12.1. The molecule has 0 atom stereocenters. The molecule has 0 aliphatic carbocycles. The Kier molecular flexibility index (Phi) is 6.19. The fourth-order valence-electron chi connectivity index (χ4n) is 0.846. The normalized spacial score (nSPS) is 10.7. The largest absolute Gasteiger partial charge is 0.347 e. The van der Waals surface area contributed by atoms with Gasteiger partial charge in [-0.3, -0.25) is 4.55 Å². The number of aryl methyl sites for hydroxylation is 1. The van der Waals surface area contributed by atoms with Crippen LogP contribution in [0.5, 0.6) is 0 Å². The van der Waals surface area contributed by atoms with Crippen LogP contribution >= 0.6 is 7.15 Å². The molecule has 86 valence electrons. The van der Waals surface area contributed by atoms with Gasteiger partial charge in [0.15, 0.2) is 7.15 Å². The summed E-state index contributed by atoms with van der Waals surface area (Å²) < 4.78 is 29.9. The number of hydrogen-bond acceptors (Lipinski definition) is 3. The third-order valence-electron chi connectivity index (χ3n) is 1.37. The molecule has 0 radical (unpaired) electrons. The molecule has 15 heavy (non-hydrogen) atoms. The molecule has 3 N–H and O–H groups in total. The van der Waals surface area contributed by atoms with Gasteiger partial charge in [0.05, 0.1) is 4.90 Å². The van der Waals surface area contributed by atoms with Gasteiger partial charge in [0, 0.05) is 0 Å². The van der Waals surface area contributed by atoms with Crippen LogP contribution in [-0.4, -0.2) is 22.8 Å². The van der Waals surface area contributed by atoms with Crippen molar-refractivity contribution in [2.24, 2.45) is 0 Å². The summed E-state index contributed by atoms with van der Waals surface area (Å²) in [6.07, 6.45) is 0. The Morgan fingerprint density at radius 2 is 1.67 bits per heavy atom. The van der Waals surface area contributed by atoms with Crippen molar-refractivity contribution in [3.05, 3.63) is 29.8 Å². The highest BCUT2D eigenvalue weighted by Gasteiger charge is 2.10. The van der Waals surface area contributed by atoms with E-state index in [1.54, 1.807) is 25.1 Å². The number of rotatable bonds is 1. The second-order valence-corrected chi connectivity index (χ2v) is 5.57. The fourth-order valence-corrected chi connectivity index (χ4v) is 1.57. The second-order valence-electron chi connectivity index (χ2n) is 2.52. The lowest BCUT2D eigenvalue weighted by molar-refractivity contribution is 0.482. The summed E-state index contributed by atoms with van der Waals surface area (Å²) in [5.41, 5.74) is 0.551. The molecule has 0 bridgehead atoms. The van der Waals surface area contributed by atoms with E-state index < -0.39 is 17.3 Å². The predicted octanol–water partition coefficient (Wildman–Crippen LogP) is 0.719. The molecule has 8 heteroatoms. The third kappa shape index (κ3) is 6.72. The second kappa shape index (κ2) is 6.32. The summed E-state index contributed by atoms with van der Waals surface area (Å²) >= 11 is 3.83. The first-order valence-corrected chi connectivity index (χ1v) is 7.67. The fraction of sp³-hybridized carbons (Fsp3) is 0.143. The average Bonchev–Trinajstić information content (AvgIpc) is 2.01. The van der Waals surface area contributed by atoms with Gasteiger partial charge in [0.25, 0.3) is 10.1 Å². The highest BCUT2D eigenvalue weighted by Crippen LogP contribution is 2.12. The van der Waals surface area contributed by atoms with E-state index >= 15 is 0 Å². The molecular formula is C7H11O5PS2. The molecule has 0 aliphatic rings. The molecular weight excluding hydrogens is 259 g/mol. The summed E-state index contributed by atoms with van der Waals surface area (Å²) in [5.74, 6) is 0. The topological polar surface area (TPSA) is 94.8 Å². The van der Waals surface area contributed by atoms with Gasteiger partial charge in [-0.05, 0) is 30.4 Å². The van der Waals surface area contributed by atoms with Crippen molar-refractivity contribution in [2.75, 3.05) is 0 Å². The van der Waals surface area contributed by atoms with Crippen LogP contribution in [0, 0.1) is 6.92 Å².